The van der Waals surface area contributed by atoms with Crippen LogP contribution in [0.1, 0.15) is 63.8 Å². The second-order valence-electron chi connectivity index (χ2n) is 13.5. The zero-order valence-corrected chi connectivity index (χ0v) is 27.3. The molecule has 0 N–H and O–H groups in total. The van der Waals surface area contributed by atoms with Crippen molar-refractivity contribution >= 4 is 22.4 Å². The van der Waals surface area contributed by atoms with Gasteiger partial charge in [-0.1, -0.05) is 102 Å². The molecule has 0 aliphatic carbocycles. The molecule has 0 aliphatic rings. The van der Waals surface area contributed by atoms with Crippen LogP contribution in [-0.4, -0.2) is 10.9 Å². The normalized spacial score (nSPS) is 11.5. The van der Waals surface area contributed by atoms with Crippen LogP contribution < -0.4 is 9.47 Å². The first-order valence-electron chi connectivity index (χ1n) is 15.3. The fraction of sp³-hybridized carbons (Fsp3) is 0.225. The first kappa shape index (κ1) is 32.9. The van der Waals surface area contributed by atoms with Crippen LogP contribution in [0.3, 0.4) is 0 Å². The van der Waals surface area contributed by atoms with Crippen LogP contribution in [0.4, 0.5) is 10.1 Å². The average Bonchev–Trinajstić information content (AvgIpc) is 3.02. The van der Waals surface area contributed by atoms with Crippen LogP contribution in [0.25, 0.3) is 21.9 Å². The molecule has 47 heavy (non-hydrogen) atoms. The summed E-state index contributed by atoms with van der Waals surface area (Å²) in [6.45, 7) is 13.3. The van der Waals surface area contributed by atoms with Crippen molar-refractivity contribution in [3.8, 4) is 34.5 Å². The van der Waals surface area contributed by atoms with Gasteiger partial charge in [-0.2, -0.15) is 0 Å². The molecule has 0 unspecified atom stereocenters. The Balaban J connectivity index is 1.56. The second kappa shape index (κ2) is 13.1. The highest BCUT2D eigenvalue weighted by molar-refractivity contribution is 5.97. The number of carbonyl (C=O) groups excluding carboxylic acids is 1. The van der Waals surface area contributed by atoms with Crippen molar-refractivity contribution in [1.29, 1.82) is 0 Å². The first-order chi connectivity index (χ1) is 22.2. The molecule has 5 aromatic carbocycles. The van der Waals surface area contributed by atoms with Gasteiger partial charge in [0.25, 0.3) is 5.69 Å². The molecule has 7 heteroatoms. The van der Waals surface area contributed by atoms with E-state index in [9.17, 15) is 19.3 Å². The Bertz CT molecular complexity index is 2010. The molecule has 0 aliphatic heterocycles. The fourth-order valence-electron chi connectivity index (χ4n) is 5.10. The maximum Gasteiger partial charge on any atom is 0.390 e. The molecule has 0 saturated heterocycles. The van der Waals surface area contributed by atoms with Crippen LogP contribution >= 0.6 is 0 Å². The first-order valence-corrected chi connectivity index (χ1v) is 15.3. The zero-order valence-electron chi connectivity index (χ0n) is 27.3. The Morgan fingerprint density at radius 3 is 2.09 bits per heavy atom. The molecule has 0 atom stereocenters. The van der Waals surface area contributed by atoms with Crippen molar-refractivity contribution in [3.05, 3.63) is 135 Å². The van der Waals surface area contributed by atoms with Gasteiger partial charge in [-0.25, -0.2) is 9.18 Å². The molecular weight excluding hydrogens is 593 g/mol. The van der Waals surface area contributed by atoms with E-state index in [1.165, 1.54) is 41.5 Å². The lowest BCUT2D eigenvalue weighted by molar-refractivity contribution is -0.384. The van der Waals surface area contributed by atoms with E-state index in [4.69, 9.17) is 9.47 Å². The van der Waals surface area contributed by atoms with E-state index in [1.807, 2.05) is 30.3 Å². The van der Waals surface area contributed by atoms with Crippen LogP contribution in [0.15, 0.2) is 97.1 Å². The Labute approximate surface area is 274 Å². The van der Waals surface area contributed by atoms with Gasteiger partial charge in [0.1, 0.15) is 23.9 Å². The van der Waals surface area contributed by atoms with Gasteiger partial charge in [0.2, 0.25) is 0 Å². The highest BCUT2D eigenvalue weighted by atomic mass is 19.1. The van der Waals surface area contributed by atoms with Gasteiger partial charge in [0.05, 0.1) is 10.5 Å². The Morgan fingerprint density at radius 2 is 1.47 bits per heavy atom. The smallest absolute Gasteiger partial charge is 0.390 e. The number of ether oxygens (including phenoxy) is 2. The third-order valence-corrected chi connectivity index (χ3v) is 7.83. The number of halogens is 1. The van der Waals surface area contributed by atoms with E-state index in [2.05, 4.69) is 71.6 Å². The molecule has 0 heterocycles. The number of rotatable bonds is 6. The van der Waals surface area contributed by atoms with Gasteiger partial charge >= 0.3 is 5.97 Å². The van der Waals surface area contributed by atoms with Crippen LogP contribution in [-0.2, 0) is 22.2 Å². The lowest BCUT2D eigenvalue weighted by Crippen LogP contribution is -2.17. The summed E-state index contributed by atoms with van der Waals surface area (Å²) in [5.41, 5.74) is 4.68. The minimum Gasteiger partial charge on any atom is -0.488 e. The van der Waals surface area contributed by atoms with Crippen molar-refractivity contribution in [2.75, 3.05) is 0 Å². The molecule has 5 aromatic rings. The Kier molecular flexibility index (Phi) is 9.17. The standard InChI is InChI=1S/C40H36FNO5/c1-39(2,3)29-21-26(22-30(24-29)40(4,5)6)25-46-37-19-13-27-11-12-28(33-9-7-8-10-36(33)41)23-35(27)34(37)18-20-38(43)47-32-16-14-31(15-17-32)42(44)45/h7-17,19,21-24H,25H2,1-6H3. The topological polar surface area (TPSA) is 78.7 Å². The highest BCUT2D eigenvalue weighted by Gasteiger charge is 2.21. The number of benzene rings is 5. The summed E-state index contributed by atoms with van der Waals surface area (Å²) >= 11 is 0. The van der Waals surface area contributed by atoms with Gasteiger partial charge < -0.3 is 9.47 Å². The minimum atomic E-state index is -0.847. The van der Waals surface area contributed by atoms with E-state index in [1.54, 1.807) is 18.2 Å². The SMILES string of the molecule is CC(C)(C)c1cc(COc2ccc3ccc(-c4ccccc4F)cc3c2C#CC(=O)Oc2ccc([N+](=O)[O-])cc2)cc(C(C)(C)C)c1. The lowest BCUT2D eigenvalue weighted by atomic mass is 9.79. The van der Waals surface area contributed by atoms with Gasteiger partial charge in [0.15, 0.2) is 0 Å². The zero-order chi connectivity index (χ0) is 33.9. The summed E-state index contributed by atoms with van der Waals surface area (Å²) in [7, 11) is 0. The summed E-state index contributed by atoms with van der Waals surface area (Å²) in [6.07, 6.45) is 0. The lowest BCUT2D eigenvalue weighted by Gasteiger charge is -2.26. The summed E-state index contributed by atoms with van der Waals surface area (Å²) in [6, 6.07) is 27.5. The predicted molar refractivity (Wildman–Crippen MR) is 183 cm³/mol. The van der Waals surface area contributed by atoms with Crippen molar-refractivity contribution in [3.63, 3.8) is 0 Å². The van der Waals surface area contributed by atoms with E-state index in [-0.39, 0.29) is 34.7 Å². The number of nitrogens with zero attached hydrogens (tertiary/aromatic N) is 1. The van der Waals surface area contributed by atoms with Crippen LogP contribution in [0.5, 0.6) is 11.5 Å². The van der Waals surface area contributed by atoms with Crippen molar-refractivity contribution in [2.24, 2.45) is 0 Å². The minimum absolute atomic E-state index is 0.0667. The molecular formula is C40H36FNO5. The van der Waals surface area contributed by atoms with Crippen molar-refractivity contribution < 1.29 is 23.6 Å². The van der Waals surface area contributed by atoms with Crippen LogP contribution in [0, 0.1) is 27.8 Å². The van der Waals surface area contributed by atoms with Gasteiger partial charge in [-0.15, -0.1) is 0 Å². The quantitative estimate of drug-likeness (QED) is 0.0614. The molecule has 0 spiro atoms. The van der Waals surface area contributed by atoms with Gasteiger partial charge in [0, 0.05) is 29.0 Å². The predicted octanol–water partition coefficient (Wildman–Crippen LogP) is 9.69. The molecule has 0 saturated carbocycles. The maximum absolute atomic E-state index is 14.8. The highest BCUT2D eigenvalue weighted by Crippen LogP contribution is 2.34. The molecule has 0 aromatic heterocycles. The van der Waals surface area contributed by atoms with Crippen molar-refractivity contribution in [1.82, 2.24) is 0 Å². The van der Waals surface area contributed by atoms with E-state index < -0.39 is 10.9 Å². The summed E-state index contributed by atoms with van der Waals surface area (Å²) < 4.78 is 26.5. The number of esters is 1. The van der Waals surface area contributed by atoms with Crippen molar-refractivity contribution in [2.45, 2.75) is 59.0 Å². The number of fused-ring (bicyclic) bond motifs is 1. The largest absolute Gasteiger partial charge is 0.488 e. The third kappa shape index (κ3) is 7.85. The molecule has 238 valence electrons. The molecule has 0 fully saturated rings. The Hall–Kier alpha value is -5.48. The number of nitro groups is 1. The molecule has 6 nitrogen and oxygen atoms in total. The summed E-state index contributed by atoms with van der Waals surface area (Å²) in [5, 5.41) is 12.5. The van der Waals surface area contributed by atoms with Gasteiger partial charge in [-0.3, -0.25) is 10.1 Å². The number of nitro benzene ring substituents is 1. The Morgan fingerprint density at radius 1 is 0.830 bits per heavy atom. The number of hydrogen-bond donors (Lipinski definition) is 0. The summed E-state index contributed by atoms with van der Waals surface area (Å²) in [5.74, 6) is 4.88. The second-order valence-corrected chi connectivity index (χ2v) is 13.5. The van der Waals surface area contributed by atoms with E-state index in [0.717, 1.165) is 10.9 Å². The fourth-order valence-corrected chi connectivity index (χ4v) is 5.10. The molecule has 5 rings (SSSR count). The number of non-ortho nitro benzene ring substituents is 1. The third-order valence-electron chi connectivity index (χ3n) is 7.83. The monoisotopic (exact) mass is 629 g/mol. The molecule has 0 amide bonds. The van der Waals surface area contributed by atoms with Gasteiger partial charge in [-0.05, 0) is 68.8 Å². The average molecular weight is 630 g/mol. The maximum atomic E-state index is 14.8. The molecule has 0 radical (unpaired) electrons. The van der Waals surface area contributed by atoms with Crippen LogP contribution in [0.2, 0.25) is 0 Å². The van der Waals surface area contributed by atoms with E-state index in [0.29, 0.717) is 27.8 Å². The summed E-state index contributed by atoms with van der Waals surface area (Å²) in [4.78, 5) is 23.2. The number of carbonyl (C=O) groups is 1. The van der Waals surface area contributed by atoms with E-state index >= 15 is 0 Å². The number of hydrogen-bond acceptors (Lipinski definition) is 5. The molecule has 0 bridgehead atoms.